The van der Waals surface area contributed by atoms with E-state index in [-0.39, 0.29) is 0 Å². The maximum atomic E-state index is 6.97. The minimum atomic E-state index is 0.675. The highest BCUT2D eigenvalue weighted by Gasteiger charge is 2.27. The lowest BCUT2D eigenvalue weighted by atomic mass is 9.88. The molecule has 7 aromatic carbocycles. The summed E-state index contributed by atoms with van der Waals surface area (Å²) >= 11 is 0. The van der Waals surface area contributed by atoms with Crippen molar-refractivity contribution in [1.29, 1.82) is 0 Å². The fraction of sp³-hybridized carbons (Fsp3) is 0.0222. The first-order valence-corrected chi connectivity index (χ1v) is 16.6. The Balaban J connectivity index is 1.55. The van der Waals surface area contributed by atoms with Gasteiger partial charge in [-0.1, -0.05) is 128 Å². The largest absolute Gasteiger partial charge is 0.454 e. The SMILES string of the molecule is C=Cc1oc2c(c1/C=C\C)c1c3ccccc3c3ccccc3c1c1c3ccccc3n(-c3nc(-c4ccccc4)nc4ccccc34)c21. The van der Waals surface area contributed by atoms with Gasteiger partial charge < -0.3 is 4.42 Å². The number of nitrogens with zero attached hydrogens (tertiary/aromatic N) is 3. The van der Waals surface area contributed by atoms with E-state index >= 15 is 0 Å². The Hall–Kier alpha value is -6.52. The van der Waals surface area contributed by atoms with Crippen molar-refractivity contribution in [1.82, 2.24) is 14.5 Å². The van der Waals surface area contributed by atoms with Crippen molar-refractivity contribution >= 4 is 88.1 Å². The zero-order valence-corrected chi connectivity index (χ0v) is 26.8. The maximum absolute atomic E-state index is 6.97. The van der Waals surface area contributed by atoms with Crippen LogP contribution in [0.15, 0.2) is 144 Å². The summed E-state index contributed by atoms with van der Waals surface area (Å²) in [4.78, 5) is 10.4. The molecule has 3 aromatic heterocycles. The van der Waals surface area contributed by atoms with Crippen molar-refractivity contribution in [3.63, 3.8) is 0 Å². The molecule has 0 fully saturated rings. The summed E-state index contributed by atoms with van der Waals surface area (Å²) in [6.45, 7) is 6.25. The summed E-state index contributed by atoms with van der Waals surface area (Å²) in [6, 6.07) is 44.7. The first kappa shape index (κ1) is 27.6. The van der Waals surface area contributed by atoms with Crippen molar-refractivity contribution in [3.8, 4) is 17.2 Å². The van der Waals surface area contributed by atoms with Gasteiger partial charge in [-0.3, -0.25) is 4.57 Å². The van der Waals surface area contributed by atoms with Gasteiger partial charge in [0, 0.05) is 43.4 Å². The third-order valence-electron chi connectivity index (χ3n) is 9.84. The number of fused-ring (bicyclic) bond motifs is 14. The molecule has 0 N–H and O–H groups in total. The van der Waals surface area contributed by atoms with Crippen LogP contribution in [0.25, 0.3) is 105 Å². The smallest absolute Gasteiger partial charge is 0.162 e. The van der Waals surface area contributed by atoms with Crippen LogP contribution < -0.4 is 0 Å². The highest BCUT2D eigenvalue weighted by molar-refractivity contribution is 6.43. The van der Waals surface area contributed by atoms with Gasteiger partial charge in [-0.05, 0) is 52.7 Å². The van der Waals surface area contributed by atoms with Crippen LogP contribution in [0.3, 0.4) is 0 Å². The Morgan fingerprint density at radius 1 is 0.592 bits per heavy atom. The number of para-hydroxylation sites is 2. The van der Waals surface area contributed by atoms with E-state index in [9.17, 15) is 0 Å². The number of hydrogen-bond acceptors (Lipinski definition) is 3. The molecule has 0 radical (unpaired) electrons. The lowest BCUT2D eigenvalue weighted by molar-refractivity contribution is 0.605. The molecule has 0 atom stereocenters. The second-order valence-electron chi connectivity index (χ2n) is 12.5. The molecule has 0 bridgehead atoms. The third-order valence-corrected chi connectivity index (χ3v) is 9.84. The molecule has 3 heterocycles. The van der Waals surface area contributed by atoms with Crippen molar-refractivity contribution < 1.29 is 4.42 Å². The fourth-order valence-electron chi connectivity index (χ4n) is 7.90. The predicted octanol–water partition coefficient (Wildman–Crippen LogP) is 12.3. The van der Waals surface area contributed by atoms with E-state index in [1.807, 2.05) is 30.3 Å². The maximum Gasteiger partial charge on any atom is 0.162 e. The Bertz CT molecular complexity index is 3020. The van der Waals surface area contributed by atoms with E-state index in [1.165, 1.54) is 32.3 Å². The van der Waals surface area contributed by atoms with E-state index in [0.717, 1.165) is 66.4 Å². The molecule has 49 heavy (non-hydrogen) atoms. The molecular formula is C45H29N3O. The van der Waals surface area contributed by atoms with Gasteiger partial charge in [-0.2, -0.15) is 0 Å². The molecule has 10 aromatic rings. The molecule has 0 unspecified atom stereocenters. The van der Waals surface area contributed by atoms with Crippen LogP contribution in [-0.2, 0) is 0 Å². The van der Waals surface area contributed by atoms with Gasteiger partial charge in [0.15, 0.2) is 11.4 Å². The number of hydrogen-bond donors (Lipinski definition) is 0. The molecule has 0 saturated heterocycles. The van der Waals surface area contributed by atoms with Gasteiger partial charge in [0.2, 0.25) is 0 Å². The van der Waals surface area contributed by atoms with Crippen molar-refractivity contribution in [2.24, 2.45) is 0 Å². The average Bonchev–Trinajstić information content (AvgIpc) is 3.70. The molecule has 0 saturated carbocycles. The summed E-state index contributed by atoms with van der Waals surface area (Å²) in [6.07, 6.45) is 6.06. The summed E-state index contributed by atoms with van der Waals surface area (Å²) < 4.78 is 9.28. The summed E-state index contributed by atoms with van der Waals surface area (Å²) in [5.41, 5.74) is 5.71. The Kier molecular flexibility index (Phi) is 5.91. The van der Waals surface area contributed by atoms with Gasteiger partial charge in [0.1, 0.15) is 11.6 Å². The molecule has 4 heteroatoms. The normalized spacial score (nSPS) is 12.2. The number of aromatic nitrogens is 3. The minimum Gasteiger partial charge on any atom is -0.454 e. The van der Waals surface area contributed by atoms with Crippen LogP contribution in [0.2, 0.25) is 0 Å². The summed E-state index contributed by atoms with van der Waals surface area (Å²) in [5, 5.41) is 11.5. The number of allylic oxidation sites excluding steroid dienone is 1. The van der Waals surface area contributed by atoms with Gasteiger partial charge in [-0.15, -0.1) is 0 Å². The van der Waals surface area contributed by atoms with Gasteiger partial charge in [0.05, 0.1) is 16.6 Å². The van der Waals surface area contributed by atoms with Gasteiger partial charge >= 0.3 is 0 Å². The van der Waals surface area contributed by atoms with Crippen molar-refractivity contribution in [2.75, 3.05) is 0 Å². The third kappa shape index (κ3) is 3.80. The Labute approximate surface area is 281 Å². The molecule has 0 aliphatic carbocycles. The van der Waals surface area contributed by atoms with Crippen LogP contribution >= 0.6 is 0 Å². The molecule has 10 rings (SSSR count). The summed E-state index contributed by atoms with van der Waals surface area (Å²) in [7, 11) is 0. The topological polar surface area (TPSA) is 43.9 Å². The number of furan rings is 1. The van der Waals surface area contributed by atoms with Crippen LogP contribution in [-0.4, -0.2) is 14.5 Å². The average molecular weight is 628 g/mol. The Morgan fingerprint density at radius 2 is 1.18 bits per heavy atom. The van der Waals surface area contributed by atoms with Crippen LogP contribution in [0, 0.1) is 0 Å². The molecule has 0 aliphatic rings. The highest BCUT2D eigenvalue weighted by atomic mass is 16.3. The first-order chi connectivity index (χ1) is 24.3. The van der Waals surface area contributed by atoms with Crippen LogP contribution in [0.5, 0.6) is 0 Å². The second-order valence-corrected chi connectivity index (χ2v) is 12.5. The molecular weight excluding hydrogens is 599 g/mol. The molecule has 230 valence electrons. The van der Waals surface area contributed by atoms with Crippen LogP contribution in [0.4, 0.5) is 0 Å². The zero-order chi connectivity index (χ0) is 32.6. The first-order valence-electron chi connectivity index (χ1n) is 16.6. The highest BCUT2D eigenvalue weighted by Crippen LogP contribution is 2.50. The molecule has 0 spiro atoms. The molecule has 0 amide bonds. The quantitative estimate of drug-likeness (QED) is 0.182. The lowest BCUT2D eigenvalue weighted by Gasteiger charge is -2.15. The number of rotatable bonds is 4. The zero-order valence-electron chi connectivity index (χ0n) is 26.8. The predicted molar refractivity (Wildman–Crippen MR) is 206 cm³/mol. The lowest BCUT2D eigenvalue weighted by Crippen LogP contribution is -2.03. The van der Waals surface area contributed by atoms with Gasteiger partial charge in [-0.25, -0.2) is 9.97 Å². The van der Waals surface area contributed by atoms with E-state index in [4.69, 9.17) is 14.4 Å². The van der Waals surface area contributed by atoms with Gasteiger partial charge in [0.25, 0.3) is 0 Å². The van der Waals surface area contributed by atoms with Crippen molar-refractivity contribution in [2.45, 2.75) is 6.92 Å². The summed E-state index contributed by atoms with van der Waals surface area (Å²) in [5.74, 6) is 2.23. The molecule has 0 aliphatic heterocycles. The Morgan fingerprint density at radius 3 is 1.88 bits per heavy atom. The monoisotopic (exact) mass is 627 g/mol. The molecule has 4 nitrogen and oxygen atoms in total. The van der Waals surface area contributed by atoms with E-state index in [2.05, 4.69) is 133 Å². The number of benzene rings is 7. The van der Waals surface area contributed by atoms with E-state index in [0.29, 0.717) is 5.82 Å². The van der Waals surface area contributed by atoms with Crippen LogP contribution in [0.1, 0.15) is 18.2 Å². The van der Waals surface area contributed by atoms with Crippen molar-refractivity contribution in [3.05, 3.63) is 151 Å². The van der Waals surface area contributed by atoms with E-state index < -0.39 is 0 Å². The standard InChI is InChI=1S/C45H29N3O/c1-3-16-34-37(4-2)49-43-41(34)39-31-22-11-9-20-29(31)28-19-8-10-21-30(28)38(39)40-33-24-13-15-26-36(33)48(42(40)43)45-32-23-12-14-25-35(32)46-44(47-45)27-17-6-5-7-18-27/h3-26H,2H2,1H3/b16-3-. The van der Waals surface area contributed by atoms with E-state index in [1.54, 1.807) is 0 Å². The second kappa shape index (κ2) is 10.5. The fourth-order valence-corrected chi connectivity index (χ4v) is 7.90. The minimum absolute atomic E-state index is 0.675.